The van der Waals surface area contributed by atoms with Gasteiger partial charge < -0.3 is 10.0 Å². The van der Waals surface area contributed by atoms with Gasteiger partial charge in [0.1, 0.15) is 0 Å². The number of benzene rings is 2. The second-order valence-electron chi connectivity index (χ2n) is 7.13. The molecule has 28 heavy (non-hydrogen) atoms. The molecule has 9 heteroatoms. The first-order valence-electron chi connectivity index (χ1n) is 8.92. The summed E-state index contributed by atoms with van der Waals surface area (Å²) >= 11 is 0. The molecule has 0 spiro atoms. The van der Waals surface area contributed by atoms with Gasteiger partial charge >= 0.3 is 0 Å². The molecule has 0 aliphatic carbocycles. The highest BCUT2D eigenvalue weighted by Gasteiger charge is 2.29. The maximum Gasteiger partial charge on any atom is 0.238 e. The predicted octanol–water partition coefficient (Wildman–Crippen LogP) is 1.69. The smallest absolute Gasteiger partial charge is 0.238 e. The lowest BCUT2D eigenvalue weighted by molar-refractivity contribution is 0.0929. The van der Waals surface area contributed by atoms with Crippen LogP contribution in [0.1, 0.15) is 24.5 Å². The number of sulfone groups is 1. The summed E-state index contributed by atoms with van der Waals surface area (Å²) in [6, 6.07) is 13.4. The van der Waals surface area contributed by atoms with E-state index in [-0.39, 0.29) is 15.7 Å². The lowest BCUT2D eigenvalue weighted by Gasteiger charge is -2.36. The van der Waals surface area contributed by atoms with Crippen LogP contribution < -0.4 is 10.0 Å². The number of sulfonamides is 1. The highest BCUT2D eigenvalue weighted by atomic mass is 32.2. The zero-order valence-electron chi connectivity index (χ0n) is 15.5. The molecule has 152 valence electrons. The monoisotopic (exact) mass is 424 g/mol. The summed E-state index contributed by atoms with van der Waals surface area (Å²) in [5, 5.41) is 15.8. The van der Waals surface area contributed by atoms with E-state index in [9.17, 15) is 21.9 Å². The molecule has 0 radical (unpaired) electrons. The number of hydrogen-bond donors (Lipinski definition) is 2. The van der Waals surface area contributed by atoms with E-state index in [0.29, 0.717) is 31.6 Å². The lowest BCUT2D eigenvalue weighted by Crippen LogP contribution is -2.36. The molecule has 1 heterocycles. The standard InChI is InChI=1S/C19H24N2O5S2/c1-27(23,24)18-13-16(28(20,25)26)7-8-17(18)21-11-9-15(10-12-21)19(22)14-5-3-2-4-6-14/h2-8,13,15,19,22H,9-12H2,1H3,(H2,20,25,26). The molecule has 0 amide bonds. The number of hydrogen-bond acceptors (Lipinski definition) is 6. The second kappa shape index (κ2) is 7.82. The number of aliphatic hydroxyl groups is 1. The number of piperidine rings is 1. The molecule has 1 aliphatic heterocycles. The molecule has 0 saturated carbocycles. The van der Waals surface area contributed by atoms with Crippen LogP contribution in [0, 0.1) is 5.92 Å². The Bertz CT molecular complexity index is 1040. The van der Waals surface area contributed by atoms with Crippen LogP contribution in [-0.2, 0) is 19.9 Å². The second-order valence-corrected chi connectivity index (χ2v) is 10.7. The van der Waals surface area contributed by atoms with Crippen molar-refractivity contribution < 1.29 is 21.9 Å². The first-order valence-corrected chi connectivity index (χ1v) is 12.4. The number of anilines is 1. The van der Waals surface area contributed by atoms with E-state index >= 15 is 0 Å². The van der Waals surface area contributed by atoms with Crippen molar-refractivity contribution in [3.8, 4) is 0 Å². The predicted molar refractivity (Wildman–Crippen MR) is 107 cm³/mol. The first kappa shape index (κ1) is 20.8. The van der Waals surface area contributed by atoms with Crippen LogP contribution in [0.5, 0.6) is 0 Å². The summed E-state index contributed by atoms with van der Waals surface area (Å²) < 4.78 is 47.6. The molecule has 3 rings (SSSR count). The third-order valence-corrected chi connectivity index (χ3v) is 7.16. The normalized spacial score (nSPS) is 17.5. The van der Waals surface area contributed by atoms with Gasteiger partial charge in [-0.1, -0.05) is 30.3 Å². The van der Waals surface area contributed by atoms with Gasteiger partial charge in [0.05, 0.1) is 21.6 Å². The zero-order chi connectivity index (χ0) is 20.5. The Morgan fingerprint density at radius 3 is 2.18 bits per heavy atom. The van der Waals surface area contributed by atoms with Gasteiger partial charge in [-0.05, 0) is 42.5 Å². The molecule has 2 aromatic rings. The minimum Gasteiger partial charge on any atom is -0.388 e. The van der Waals surface area contributed by atoms with Crippen LogP contribution in [-0.4, -0.2) is 41.3 Å². The van der Waals surface area contributed by atoms with Gasteiger partial charge in [0, 0.05) is 19.3 Å². The van der Waals surface area contributed by atoms with Crippen molar-refractivity contribution in [1.82, 2.24) is 0 Å². The van der Waals surface area contributed by atoms with Crippen molar-refractivity contribution in [1.29, 1.82) is 0 Å². The van der Waals surface area contributed by atoms with Crippen molar-refractivity contribution in [3.05, 3.63) is 54.1 Å². The molecule has 1 atom stereocenters. The van der Waals surface area contributed by atoms with E-state index in [1.54, 1.807) is 0 Å². The van der Waals surface area contributed by atoms with Crippen LogP contribution in [0.2, 0.25) is 0 Å². The van der Waals surface area contributed by atoms with E-state index in [2.05, 4.69) is 0 Å². The molecular formula is C19H24N2O5S2. The fourth-order valence-electron chi connectivity index (χ4n) is 3.61. The van der Waals surface area contributed by atoms with Crippen LogP contribution in [0.15, 0.2) is 58.3 Å². The molecule has 3 N–H and O–H groups in total. The van der Waals surface area contributed by atoms with Crippen molar-refractivity contribution in [2.45, 2.75) is 28.7 Å². The van der Waals surface area contributed by atoms with Gasteiger partial charge in [-0.15, -0.1) is 0 Å². The van der Waals surface area contributed by atoms with Crippen molar-refractivity contribution in [2.24, 2.45) is 11.1 Å². The molecule has 1 unspecified atom stereocenters. The minimum absolute atomic E-state index is 0.0546. The molecule has 2 aromatic carbocycles. The number of aliphatic hydroxyl groups excluding tert-OH is 1. The van der Waals surface area contributed by atoms with Gasteiger partial charge in [0.25, 0.3) is 0 Å². The number of nitrogens with zero attached hydrogens (tertiary/aromatic N) is 1. The average molecular weight is 425 g/mol. The average Bonchev–Trinajstić information content (AvgIpc) is 2.66. The van der Waals surface area contributed by atoms with Gasteiger partial charge in [-0.2, -0.15) is 0 Å². The van der Waals surface area contributed by atoms with E-state index in [1.807, 2.05) is 35.2 Å². The zero-order valence-corrected chi connectivity index (χ0v) is 17.2. The van der Waals surface area contributed by atoms with Crippen LogP contribution in [0.4, 0.5) is 5.69 Å². The highest BCUT2D eigenvalue weighted by molar-refractivity contribution is 7.91. The van der Waals surface area contributed by atoms with Crippen LogP contribution in [0.3, 0.4) is 0 Å². The fraction of sp³-hybridized carbons (Fsp3) is 0.368. The Hall–Kier alpha value is -1.94. The quantitative estimate of drug-likeness (QED) is 0.754. The Morgan fingerprint density at radius 1 is 1.04 bits per heavy atom. The number of nitrogens with two attached hydrogens (primary N) is 1. The summed E-state index contributed by atoms with van der Waals surface area (Å²) in [5.41, 5.74) is 1.33. The molecule has 0 bridgehead atoms. The summed E-state index contributed by atoms with van der Waals surface area (Å²) in [7, 11) is -7.65. The summed E-state index contributed by atoms with van der Waals surface area (Å²) in [6.45, 7) is 1.12. The molecule has 0 aromatic heterocycles. The van der Waals surface area contributed by atoms with Crippen LogP contribution in [0.25, 0.3) is 0 Å². The summed E-state index contributed by atoms with van der Waals surface area (Å²) in [6.07, 6.45) is 1.86. The van der Waals surface area contributed by atoms with Gasteiger partial charge in [0.15, 0.2) is 9.84 Å². The maximum absolute atomic E-state index is 12.2. The van der Waals surface area contributed by atoms with Gasteiger partial charge in [0.2, 0.25) is 10.0 Å². The van der Waals surface area contributed by atoms with E-state index in [1.165, 1.54) is 12.1 Å². The van der Waals surface area contributed by atoms with Crippen molar-refractivity contribution in [3.63, 3.8) is 0 Å². The van der Waals surface area contributed by atoms with E-state index in [4.69, 9.17) is 5.14 Å². The summed E-state index contributed by atoms with van der Waals surface area (Å²) in [4.78, 5) is 1.63. The highest BCUT2D eigenvalue weighted by Crippen LogP contribution is 2.35. The first-order chi connectivity index (χ1) is 13.1. The third-order valence-electron chi connectivity index (χ3n) is 5.13. The summed E-state index contributed by atoms with van der Waals surface area (Å²) in [5.74, 6) is 0.0732. The largest absolute Gasteiger partial charge is 0.388 e. The minimum atomic E-state index is -4.00. The Morgan fingerprint density at radius 2 is 1.64 bits per heavy atom. The lowest BCUT2D eigenvalue weighted by atomic mass is 9.87. The van der Waals surface area contributed by atoms with E-state index in [0.717, 1.165) is 17.9 Å². The molecule has 7 nitrogen and oxygen atoms in total. The molecular weight excluding hydrogens is 400 g/mol. The Kier molecular flexibility index (Phi) is 5.81. The fourth-order valence-corrected chi connectivity index (χ4v) is 5.14. The number of primary sulfonamides is 1. The SMILES string of the molecule is CS(=O)(=O)c1cc(S(N)(=O)=O)ccc1N1CCC(C(O)c2ccccc2)CC1. The van der Waals surface area contributed by atoms with E-state index < -0.39 is 26.0 Å². The Balaban J connectivity index is 1.82. The van der Waals surface area contributed by atoms with Crippen molar-refractivity contribution >= 4 is 25.5 Å². The van der Waals surface area contributed by atoms with Crippen LogP contribution >= 0.6 is 0 Å². The molecule has 1 fully saturated rings. The number of rotatable bonds is 5. The molecule has 1 saturated heterocycles. The van der Waals surface area contributed by atoms with Gasteiger partial charge in [-0.3, -0.25) is 0 Å². The maximum atomic E-state index is 12.2. The van der Waals surface area contributed by atoms with Crippen molar-refractivity contribution in [2.75, 3.05) is 24.2 Å². The Labute approximate surface area is 165 Å². The molecule has 1 aliphatic rings. The van der Waals surface area contributed by atoms with Gasteiger partial charge in [-0.25, -0.2) is 22.0 Å². The third kappa shape index (κ3) is 4.54. The topological polar surface area (TPSA) is 118 Å².